The zero-order valence-electron chi connectivity index (χ0n) is 14.2. The molecule has 0 atom stereocenters. The van der Waals surface area contributed by atoms with E-state index in [0.29, 0.717) is 6.61 Å². The molecule has 4 nitrogen and oxygen atoms in total. The molecule has 1 aliphatic rings. The van der Waals surface area contributed by atoms with Crippen LogP contribution in [0.3, 0.4) is 0 Å². The summed E-state index contributed by atoms with van der Waals surface area (Å²) in [5, 5.41) is 1.13. The van der Waals surface area contributed by atoms with Crippen molar-refractivity contribution in [3.63, 3.8) is 0 Å². The molecule has 1 saturated heterocycles. The Kier molecular flexibility index (Phi) is 4.53. The first-order chi connectivity index (χ1) is 12.3. The summed E-state index contributed by atoms with van der Waals surface area (Å²) in [6.07, 6.45) is 3.91. The SMILES string of the molecule is O=C(c1ccc2cc[nH]c2c1)N1CCC(OCc2ccccc2)CC1. The third-order valence-corrected chi connectivity index (χ3v) is 4.86. The highest BCUT2D eigenvalue weighted by atomic mass is 16.5. The number of amides is 1. The topological polar surface area (TPSA) is 45.3 Å². The van der Waals surface area contributed by atoms with Crippen LogP contribution in [0.2, 0.25) is 0 Å². The van der Waals surface area contributed by atoms with Crippen molar-refractivity contribution < 1.29 is 9.53 Å². The van der Waals surface area contributed by atoms with E-state index < -0.39 is 0 Å². The lowest BCUT2D eigenvalue weighted by Gasteiger charge is -2.32. The Morgan fingerprint density at radius 2 is 1.88 bits per heavy atom. The van der Waals surface area contributed by atoms with Gasteiger partial charge >= 0.3 is 0 Å². The fourth-order valence-corrected chi connectivity index (χ4v) is 3.38. The third kappa shape index (κ3) is 3.59. The first-order valence-corrected chi connectivity index (χ1v) is 8.81. The van der Waals surface area contributed by atoms with E-state index in [-0.39, 0.29) is 12.0 Å². The van der Waals surface area contributed by atoms with E-state index >= 15 is 0 Å². The Morgan fingerprint density at radius 3 is 2.68 bits per heavy atom. The van der Waals surface area contributed by atoms with Crippen LogP contribution in [0.4, 0.5) is 0 Å². The molecule has 1 fully saturated rings. The molecule has 1 N–H and O–H groups in total. The second-order valence-corrected chi connectivity index (χ2v) is 6.57. The van der Waals surface area contributed by atoms with Crippen molar-refractivity contribution in [2.45, 2.75) is 25.6 Å². The Morgan fingerprint density at radius 1 is 1.08 bits per heavy atom. The van der Waals surface area contributed by atoms with Crippen molar-refractivity contribution >= 4 is 16.8 Å². The predicted molar refractivity (Wildman–Crippen MR) is 98.5 cm³/mol. The van der Waals surface area contributed by atoms with Crippen LogP contribution < -0.4 is 0 Å². The van der Waals surface area contributed by atoms with Crippen LogP contribution in [0.1, 0.15) is 28.8 Å². The minimum absolute atomic E-state index is 0.109. The van der Waals surface area contributed by atoms with Gasteiger partial charge in [-0.3, -0.25) is 4.79 Å². The maximum absolute atomic E-state index is 12.7. The average Bonchev–Trinajstić information content (AvgIpc) is 3.15. The smallest absolute Gasteiger partial charge is 0.253 e. The number of nitrogens with zero attached hydrogens (tertiary/aromatic N) is 1. The summed E-state index contributed by atoms with van der Waals surface area (Å²) >= 11 is 0. The van der Waals surface area contributed by atoms with Gasteiger partial charge in [0.05, 0.1) is 12.7 Å². The monoisotopic (exact) mass is 334 g/mol. The molecule has 0 unspecified atom stereocenters. The predicted octanol–water partition coefficient (Wildman–Crippen LogP) is 3.99. The van der Waals surface area contributed by atoms with Crippen molar-refractivity contribution in [2.75, 3.05) is 13.1 Å². The van der Waals surface area contributed by atoms with Gasteiger partial charge in [-0.1, -0.05) is 36.4 Å². The van der Waals surface area contributed by atoms with Gasteiger partial charge in [-0.05, 0) is 42.0 Å². The number of carbonyl (C=O) groups is 1. The summed E-state index contributed by atoms with van der Waals surface area (Å²) in [5.41, 5.74) is 2.95. The number of nitrogens with one attached hydrogen (secondary N) is 1. The number of aromatic nitrogens is 1. The van der Waals surface area contributed by atoms with Crippen LogP contribution in [-0.4, -0.2) is 35.0 Å². The second kappa shape index (κ2) is 7.11. The van der Waals surface area contributed by atoms with Crippen molar-refractivity contribution in [1.82, 2.24) is 9.88 Å². The van der Waals surface area contributed by atoms with Gasteiger partial charge in [0.1, 0.15) is 0 Å². The number of aromatic amines is 1. The molecule has 0 bridgehead atoms. The van der Waals surface area contributed by atoms with Crippen molar-refractivity contribution in [2.24, 2.45) is 0 Å². The van der Waals surface area contributed by atoms with Gasteiger partial charge in [0.2, 0.25) is 0 Å². The van der Waals surface area contributed by atoms with Crippen LogP contribution in [0, 0.1) is 0 Å². The van der Waals surface area contributed by atoms with Crippen LogP contribution in [0.25, 0.3) is 10.9 Å². The number of fused-ring (bicyclic) bond motifs is 1. The molecule has 4 heteroatoms. The van der Waals surface area contributed by atoms with E-state index in [4.69, 9.17) is 4.74 Å². The highest BCUT2D eigenvalue weighted by Crippen LogP contribution is 2.20. The molecule has 1 amide bonds. The Bertz CT molecular complexity index is 848. The highest BCUT2D eigenvalue weighted by molar-refractivity contribution is 5.98. The summed E-state index contributed by atoms with van der Waals surface area (Å²) in [5.74, 6) is 0.109. The van der Waals surface area contributed by atoms with Crippen LogP contribution >= 0.6 is 0 Å². The van der Waals surface area contributed by atoms with Gasteiger partial charge in [-0.25, -0.2) is 0 Å². The lowest BCUT2D eigenvalue weighted by molar-refractivity contribution is -0.000376. The minimum atomic E-state index is 0.109. The molecule has 4 rings (SSSR count). The lowest BCUT2D eigenvalue weighted by Crippen LogP contribution is -2.40. The maximum atomic E-state index is 12.7. The maximum Gasteiger partial charge on any atom is 0.253 e. The standard InChI is InChI=1S/C21H22N2O2/c24-21(18-7-6-17-8-11-22-20(17)14-18)23-12-9-19(10-13-23)25-15-16-4-2-1-3-5-16/h1-8,11,14,19,22H,9-10,12-13,15H2. The van der Waals surface area contributed by atoms with Gasteiger partial charge in [0.15, 0.2) is 0 Å². The quantitative estimate of drug-likeness (QED) is 0.784. The molecule has 2 aromatic carbocycles. The zero-order valence-corrected chi connectivity index (χ0v) is 14.2. The Balaban J connectivity index is 1.32. The molecule has 128 valence electrons. The van der Waals surface area contributed by atoms with Crippen molar-refractivity contribution in [3.8, 4) is 0 Å². The third-order valence-electron chi connectivity index (χ3n) is 4.86. The molecular weight excluding hydrogens is 312 g/mol. The van der Waals surface area contributed by atoms with Gasteiger partial charge < -0.3 is 14.6 Å². The van der Waals surface area contributed by atoms with E-state index in [1.54, 1.807) is 0 Å². The number of piperidine rings is 1. The zero-order chi connectivity index (χ0) is 17.1. The Labute approximate surface area is 147 Å². The summed E-state index contributed by atoms with van der Waals surface area (Å²) in [7, 11) is 0. The summed E-state index contributed by atoms with van der Waals surface area (Å²) in [6, 6.07) is 18.1. The van der Waals surface area contributed by atoms with E-state index in [1.165, 1.54) is 5.56 Å². The minimum Gasteiger partial charge on any atom is -0.373 e. The molecule has 0 radical (unpaired) electrons. The van der Waals surface area contributed by atoms with Crippen LogP contribution in [-0.2, 0) is 11.3 Å². The summed E-state index contributed by atoms with van der Waals surface area (Å²) in [4.78, 5) is 17.8. The number of hydrogen-bond donors (Lipinski definition) is 1. The average molecular weight is 334 g/mol. The fraction of sp³-hybridized carbons (Fsp3) is 0.286. The lowest BCUT2D eigenvalue weighted by atomic mass is 10.1. The molecule has 2 heterocycles. The number of carbonyl (C=O) groups excluding carboxylic acids is 1. The molecule has 3 aromatic rings. The molecular formula is C21H22N2O2. The van der Waals surface area contributed by atoms with E-state index in [2.05, 4.69) is 17.1 Å². The second-order valence-electron chi connectivity index (χ2n) is 6.57. The van der Waals surface area contributed by atoms with Crippen LogP contribution in [0.15, 0.2) is 60.8 Å². The van der Waals surface area contributed by atoms with E-state index in [1.807, 2.05) is 53.6 Å². The number of ether oxygens (including phenoxy) is 1. The summed E-state index contributed by atoms with van der Waals surface area (Å²) < 4.78 is 6.01. The number of benzene rings is 2. The van der Waals surface area contributed by atoms with E-state index in [0.717, 1.165) is 42.4 Å². The first kappa shape index (κ1) is 15.9. The molecule has 0 saturated carbocycles. The fourth-order valence-electron chi connectivity index (χ4n) is 3.38. The van der Waals surface area contributed by atoms with Gasteiger partial charge in [0, 0.05) is 30.4 Å². The van der Waals surface area contributed by atoms with E-state index in [9.17, 15) is 4.79 Å². The highest BCUT2D eigenvalue weighted by Gasteiger charge is 2.24. The number of hydrogen-bond acceptors (Lipinski definition) is 2. The Hall–Kier alpha value is -2.59. The summed E-state index contributed by atoms with van der Waals surface area (Å²) in [6.45, 7) is 2.14. The normalized spacial score (nSPS) is 15.6. The molecule has 1 aliphatic heterocycles. The van der Waals surface area contributed by atoms with Gasteiger partial charge in [-0.2, -0.15) is 0 Å². The molecule has 0 spiro atoms. The van der Waals surface area contributed by atoms with Crippen molar-refractivity contribution in [1.29, 1.82) is 0 Å². The number of H-pyrrole nitrogens is 1. The molecule has 1 aromatic heterocycles. The van der Waals surface area contributed by atoms with Crippen LogP contribution in [0.5, 0.6) is 0 Å². The van der Waals surface area contributed by atoms with Crippen molar-refractivity contribution in [3.05, 3.63) is 71.9 Å². The first-order valence-electron chi connectivity index (χ1n) is 8.81. The number of likely N-dealkylation sites (tertiary alicyclic amines) is 1. The molecule has 25 heavy (non-hydrogen) atoms. The van der Waals surface area contributed by atoms with Gasteiger partial charge in [0.25, 0.3) is 5.91 Å². The van der Waals surface area contributed by atoms with Gasteiger partial charge in [-0.15, -0.1) is 0 Å². The number of rotatable bonds is 4. The molecule has 0 aliphatic carbocycles. The largest absolute Gasteiger partial charge is 0.373 e.